The van der Waals surface area contributed by atoms with Crippen LogP contribution in [0.2, 0.25) is 0 Å². The van der Waals surface area contributed by atoms with E-state index in [0.717, 1.165) is 31.4 Å². The van der Waals surface area contributed by atoms with Crippen molar-refractivity contribution in [2.45, 2.75) is 31.7 Å². The summed E-state index contributed by atoms with van der Waals surface area (Å²) in [5.74, 6) is 1.59. The molecule has 0 radical (unpaired) electrons. The number of ether oxygens (including phenoxy) is 4. The van der Waals surface area contributed by atoms with E-state index in [1.807, 2.05) is 12.1 Å². The first kappa shape index (κ1) is 17.4. The Kier molecular flexibility index (Phi) is 6.52. The first-order chi connectivity index (χ1) is 11.2. The van der Waals surface area contributed by atoms with E-state index in [1.165, 1.54) is 0 Å². The van der Waals surface area contributed by atoms with E-state index in [2.05, 4.69) is 5.32 Å². The molecule has 0 aromatic heterocycles. The van der Waals surface area contributed by atoms with Crippen molar-refractivity contribution in [1.29, 1.82) is 0 Å². The van der Waals surface area contributed by atoms with Gasteiger partial charge < -0.3 is 24.3 Å². The number of rotatable bonds is 7. The lowest BCUT2D eigenvalue weighted by Gasteiger charge is -2.21. The van der Waals surface area contributed by atoms with Gasteiger partial charge in [-0.1, -0.05) is 6.42 Å². The summed E-state index contributed by atoms with van der Waals surface area (Å²) < 4.78 is 21.3. The number of carbonyl (C=O) groups excluding carboxylic acids is 1. The Morgan fingerprint density at radius 2 is 1.83 bits per heavy atom. The first-order valence-corrected chi connectivity index (χ1v) is 7.88. The summed E-state index contributed by atoms with van der Waals surface area (Å²) in [5, 5.41) is 3.19. The zero-order valence-electron chi connectivity index (χ0n) is 14.0. The molecule has 0 bridgehead atoms. The van der Waals surface area contributed by atoms with Gasteiger partial charge in [0.25, 0.3) is 0 Å². The fourth-order valence-electron chi connectivity index (χ4n) is 2.70. The number of carbonyl (C=O) groups is 1. The summed E-state index contributed by atoms with van der Waals surface area (Å²) in [6.45, 7) is 1.21. The van der Waals surface area contributed by atoms with Crippen molar-refractivity contribution in [3.05, 3.63) is 17.7 Å². The van der Waals surface area contributed by atoms with Crippen LogP contribution in [-0.4, -0.2) is 46.5 Å². The van der Waals surface area contributed by atoms with Crippen molar-refractivity contribution < 1.29 is 23.7 Å². The Balaban J connectivity index is 1.93. The van der Waals surface area contributed by atoms with Gasteiger partial charge in [-0.15, -0.1) is 0 Å². The predicted octanol–water partition coefficient (Wildman–Crippen LogP) is 1.94. The first-order valence-electron chi connectivity index (χ1n) is 7.88. The molecule has 1 saturated heterocycles. The molecule has 6 nitrogen and oxygen atoms in total. The lowest BCUT2D eigenvalue weighted by Crippen LogP contribution is -2.41. The van der Waals surface area contributed by atoms with E-state index < -0.39 is 0 Å². The average molecular weight is 323 g/mol. The van der Waals surface area contributed by atoms with Gasteiger partial charge in [0.2, 0.25) is 5.75 Å². The molecular weight excluding hydrogens is 298 g/mol. The van der Waals surface area contributed by atoms with Gasteiger partial charge in [0.15, 0.2) is 11.5 Å². The third kappa shape index (κ3) is 4.51. The SMILES string of the molecule is COc1cc(CCOC(=O)C2CCCCN2)cc(OC)c1OC. The topological polar surface area (TPSA) is 66.0 Å². The molecule has 1 aliphatic heterocycles. The number of hydrogen-bond donors (Lipinski definition) is 1. The Morgan fingerprint density at radius 3 is 2.35 bits per heavy atom. The predicted molar refractivity (Wildman–Crippen MR) is 86.4 cm³/mol. The van der Waals surface area contributed by atoms with E-state index in [9.17, 15) is 4.79 Å². The van der Waals surface area contributed by atoms with Gasteiger partial charge in [-0.25, -0.2) is 0 Å². The number of hydrogen-bond acceptors (Lipinski definition) is 6. The van der Waals surface area contributed by atoms with Crippen LogP contribution in [0.3, 0.4) is 0 Å². The summed E-state index contributed by atoms with van der Waals surface area (Å²) in [6.07, 6.45) is 3.63. The summed E-state index contributed by atoms with van der Waals surface area (Å²) >= 11 is 0. The Morgan fingerprint density at radius 1 is 1.13 bits per heavy atom. The molecule has 1 aromatic carbocycles. The quantitative estimate of drug-likeness (QED) is 0.774. The summed E-state index contributed by atoms with van der Waals surface area (Å²) in [4.78, 5) is 12.0. The van der Waals surface area contributed by atoms with E-state index in [1.54, 1.807) is 21.3 Å². The highest BCUT2D eigenvalue weighted by Crippen LogP contribution is 2.38. The number of methoxy groups -OCH3 is 3. The lowest BCUT2D eigenvalue weighted by atomic mass is 10.1. The van der Waals surface area contributed by atoms with Gasteiger partial charge in [-0.3, -0.25) is 4.79 Å². The molecule has 1 heterocycles. The molecule has 2 rings (SSSR count). The van der Waals surface area contributed by atoms with Gasteiger partial charge >= 0.3 is 5.97 Å². The molecule has 23 heavy (non-hydrogen) atoms. The van der Waals surface area contributed by atoms with Crippen LogP contribution in [0.15, 0.2) is 12.1 Å². The molecule has 6 heteroatoms. The Hall–Kier alpha value is -1.95. The zero-order chi connectivity index (χ0) is 16.7. The standard InChI is InChI=1S/C17H25NO5/c1-20-14-10-12(11-15(21-2)16(14)22-3)7-9-23-17(19)13-6-4-5-8-18-13/h10-11,13,18H,4-9H2,1-3H3. The molecule has 1 fully saturated rings. The van der Waals surface area contributed by atoms with Crippen LogP contribution in [0.1, 0.15) is 24.8 Å². The molecule has 0 saturated carbocycles. The highest BCUT2D eigenvalue weighted by molar-refractivity contribution is 5.75. The highest BCUT2D eigenvalue weighted by Gasteiger charge is 2.21. The zero-order valence-corrected chi connectivity index (χ0v) is 14.0. The summed E-state index contributed by atoms with van der Waals surface area (Å²) in [5.41, 5.74) is 0.962. The van der Waals surface area contributed by atoms with Crippen molar-refractivity contribution >= 4 is 5.97 Å². The summed E-state index contributed by atoms with van der Waals surface area (Å²) in [6, 6.07) is 3.57. The highest BCUT2D eigenvalue weighted by atomic mass is 16.5. The molecule has 0 aliphatic carbocycles. The minimum atomic E-state index is -0.169. The van der Waals surface area contributed by atoms with Gasteiger partial charge in [0.1, 0.15) is 6.04 Å². The van der Waals surface area contributed by atoms with Crippen molar-refractivity contribution in [3.8, 4) is 17.2 Å². The van der Waals surface area contributed by atoms with E-state index in [0.29, 0.717) is 30.3 Å². The van der Waals surface area contributed by atoms with Gasteiger partial charge in [0.05, 0.1) is 27.9 Å². The molecule has 1 N–H and O–H groups in total. The van der Waals surface area contributed by atoms with Crippen LogP contribution >= 0.6 is 0 Å². The van der Waals surface area contributed by atoms with Crippen molar-refractivity contribution in [1.82, 2.24) is 5.32 Å². The number of nitrogens with one attached hydrogen (secondary N) is 1. The Bertz CT molecular complexity index is 501. The maximum Gasteiger partial charge on any atom is 0.323 e. The van der Waals surface area contributed by atoms with Crippen molar-refractivity contribution in [2.24, 2.45) is 0 Å². The lowest BCUT2D eigenvalue weighted by molar-refractivity contribution is -0.146. The fraction of sp³-hybridized carbons (Fsp3) is 0.588. The van der Waals surface area contributed by atoms with Crippen molar-refractivity contribution in [2.75, 3.05) is 34.5 Å². The molecule has 0 amide bonds. The minimum Gasteiger partial charge on any atom is -0.493 e. The molecule has 0 spiro atoms. The van der Waals surface area contributed by atoms with Crippen LogP contribution in [0.4, 0.5) is 0 Å². The van der Waals surface area contributed by atoms with Crippen LogP contribution in [0.25, 0.3) is 0 Å². The smallest absolute Gasteiger partial charge is 0.323 e. The second-order valence-corrected chi connectivity index (χ2v) is 5.45. The molecule has 1 unspecified atom stereocenters. The normalized spacial score (nSPS) is 17.4. The molecule has 1 atom stereocenters. The van der Waals surface area contributed by atoms with E-state index >= 15 is 0 Å². The molecule has 1 aromatic rings. The van der Waals surface area contributed by atoms with E-state index in [4.69, 9.17) is 18.9 Å². The summed E-state index contributed by atoms with van der Waals surface area (Å²) in [7, 11) is 4.73. The second-order valence-electron chi connectivity index (χ2n) is 5.45. The van der Waals surface area contributed by atoms with Crippen LogP contribution < -0.4 is 19.5 Å². The van der Waals surface area contributed by atoms with E-state index in [-0.39, 0.29) is 12.0 Å². The van der Waals surface area contributed by atoms with Crippen LogP contribution in [0, 0.1) is 0 Å². The van der Waals surface area contributed by atoms with Gasteiger partial charge in [0, 0.05) is 6.42 Å². The molecule has 1 aliphatic rings. The van der Waals surface area contributed by atoms with Crippen LogP contribution in [0.5, 0.6) is 17.2 Å². The average Bonchev–Trinajstić information content (AvgIpc) is 2.61. The maximum atomic E-state index is 12.0. The number of benzene rings is 1. The number of esters is 1. The third-order valence-electron chi connectivity index (χ3n) is 3.95. The largest absolute Gasteiger partial charge is 0.493 e. The van der Waals surface area contributed by atoms with Crippen molar-refractivity contribution in [3.63, 3.8) is 0 Å². The van der Waals surface area contributed by atoms with Crippen LogP contribution in [-0.2, 0) is 16.0 Å². The minimum absolute atomic E-state index is 0.163. The maximum absolute atomic E-state index is 12.0. The molecular formula is C17H25NO5. The van der Waals surface area contributed by atoms with Gasteiger partial charge in [-0.05, 0) is 37.1 Å². The van der Waals surface area contributed by atoms with Gasteiger partial charge in [-0.2, -0.15) is 0 Å². The second kappa shape index (κ2) is 8.62. The number of piperidine rings is 1. The monoisotopic (exact) mass is 323 g/mol. The fourth-order valence-corrected chi connectivity index (χ4v) is 2.70. The Labute approximate surface area is 137 Å². The molecule has 128 valence electrons. The third-order valence-corrected chi connectivity index (χ3v) is 3.95.